The van der Waals surface area contributed by atoms with Crippen molar-refractivity contribution in [2.24, 2.45) is 4.99 Å². The van der Waals surface area contributed by atoms with Crippen molar-refractivity contribution in [1.29, 1.82) is 0 Å². The highest BCUT2D eigenvalue weighted by atomic mass is 16.5. The molecular formula is C20H30N6O. The van der Waals surface area contributed by atoms with Gasteiger partial charge in [-0.25, -0.2) is 4.99 Å². The number of benzene rings is 1. The van der Waals surface area contributed by atoms with E-state index in [0.717, 1.165) is 54.9 Å². The summed E-state index contributed by atoms with van der Waals surface area (Å²) in [5, 5.41) is 15.2. The van der Waals surface area contributed by atoms with Crippen molar-refractivity contribution in [1.82, 2.24) is 25.4 Å². The van der Waals surface area contributed by atoms with Crippen molar-refractivity contribution in [3.63, 3.8) is 0 Å². The average molecular weight is 371 g/mol. The number of aromatic nitrogens is 3. The Balaban J connectivity index is 1.68. The lowest BCUT2D eigenvalue weighted by Gasteiger charge is -2.15. The topological polar surface area (TPSA) is 76.4 Å². The van der Waals surface area contributed by atoms with E-state index in [0.29, 0.717) is 13.1 Å². The summed E-state index contributed by atoms with van der Waals surface area (Å²) in [4.78, 5) is 4.73. The van der Waals surface area contributed by atoms with Crippen molar-refractivity contribution < 1.29 is 4.74 Å². The van der Waals surface area contributed by atoms with Crippen LogP contribution in [0.2, 0.25) is 0 Å². The van der Waals surface area contributed by atoms with Gasteiger partial charge in [-0.15, -0.1) is 10.2 Å². The van der Waals surface area contributed by atoms with Crippen LogP contribution < -0.4 is 15.4 Å². The van der Waals surface area contributed by atoms with E-state index in [1.54, 1.807) is 0 Å². The first-order valence-corrected chi connectivity index (χ1v) is 9.76. The molecule has 27 heavy (non-hydrogen) atoms. The van der Waals surface area contributed by atoms with Crippen LogP contribution in [0.3, 0.4) is 0 Å². The van der Waals surface area contributed by atoms with Gasteiger partial charge in [-0.1, -0.05) is 12.1 Å². The van der Waals surface area contributed by atoms with Gasteiger partial charge < -0.3 is 19.9 Å². The third-order valence-electron chi connectivity index (χ3n) is 4.44. The first-order chi connectivity index (χ1) is 13.1. The second-order valence-corrected chi connectivity index (χ2v) is 7.11. The Morgan fingerprint density at radius 1 is 1.30 bits per heavy atom. The summed E-state index contributed by atoms with van der Waals surface area (Å²) < 4.78 is 8.16. The smallest absolute Gasteiger partial charge is 0.191 e. The molecular weight excluding hydrogens is 340 g/mol. The summed E-state index contributed by atoms with van der Waals surface area (Å²) in [7, 11) is 0. The molecule has 7 heteroatoms. The predicted octanol–water partition coefficient (Wildman–Crippen LogP) is 2.58. The minimum atomic E-state index is 0.135. The van der Waals surface area contributed by atoms with Gasteiger partial charge in [0.15, 0.2) is 11.8 Å². The van der Waals surface area contributed by atoms with Crippen LogP contribution in [0.4, 0.5) is 0 Å². The minimum Gasteiger partial charge on any atom is -0.491 e. The summed E-state index contributed by atoms with van der Waals surface area (Å²) in [5.74, 6) is 3.72. The van der Waals surface area contributed by atoms with Gasteiger partial charge in [0.2, 0.25) is 0 Å². The Morgan fingerprint density at radius 3 is 2.93 bits per heavy atom. The van der Waals surface area contributed by atoms with Gasteiger partial charge in [0.1, 0.15) is 11.6 Å². The van der Waals surface area contributed by atoms with Crippen molar-refractivity contribution in [2.45, 2.75) is 66.3 Å². The van der Waals surface area contributed by atoms with Gasteiger partial charge in [-0.3, -0.25) is 0 Å². The molecule has 0 saturated heterocycles. The molecule has 7 nitrogen and oxygen atoms in total. The summed E-state index contributed by atoms with van der Waals surface area (Å²) in [6.45, 7) is 11.2. The SMILES string of the molecule is CCNC(=NCc1ccc(C)cc1OC(C)C)NCc1nnc2n1CCC2. The Labute approximate surface area is 161 Å². The molecule has 0 unspecified atom stereocenters. The molecule has 2 aromatic rings. The zero-order valence-corrected chi connectivity index (χ0v) is 16.7. The predicted molar refractivity (Wildman–Crippen MR) is 107 cm³/mol. The molecule has 1 aliphatic heterocycles. The number of aryl methyl sites for hydroxylation is 2. The molecule has 1 aliphatic rings. The molecule has 0 atom stereocenters. The Kier molecular flexibility index (Phi) is 6.32. The number of nitrogens with one attached hydrogen (secondary N) is 2. The Morgan fingerprint density at radius 2 is 2.15 bits per heavy atom. The summed E-state index contributed by atoms with van der Waals surface area (Å²) >= 11 is 0. The number of rotatable bonds is 7. The Hall–Kier alpha value is -2.57. The van der Waals surface area contributed by atoms with Crippen LogP contribution >= 0.6 is 0 Å². The van der Waals surface area contributed by atoms with E-state index in [2.05, 4.69) is 57.4 Å². The maximum atomic E-state index is 5.96. The maximum Gasteiger partial charge on any atom is 0.191 e. The fourth-order valence-corrected chi connectivity index (χ4v) is 3.17. The fourth-order valence-electron chi connectivity index (χ4n) is 3.17. The maximum absolute atomic E-state index is 5.96. The van der Waals surface area contributed by atoms with Crippen molar-refractivity contribution in [3.05, 3.63) is 41.0 Å². The van der Waals surface area contributed by atoms with E-state index < -0.39 is 0 Å². The van der Waals surface area contributed by atoms with E-state index in [1.807, 2.05) is 13.8 Å². The molecule has 0 radical (unpaired) electrons. The fraction of sp³-hybridized carbons (Fsp3) is 0.550. The largest absolute Gasteiger partial charge is 0.491 e. The molecule has 1 aromatic heterocycles. The van der Waals surface area contributed by atoms with Crippen molar-refractivity contribution >= 4 is 5.96 Å². The normalized spacial score (nSPS) is 13.7. The highest BCUT2D eigenvalue weighted by molar-refractivity contribution is 5.79. The van der Waals surface area contributed by atoms with Crippen LogP contribution in [-0.2, 0) is 26.1 Å². The first kappa shape index (κ1) is 19.2. The summed E-state index contributed by atoms with van der Waals surface area (Å²) in [6.07, 6.45) is 2.31. The van der Waals surface area contributed by atoms with Crippen LogP contribution in [0, 0.1) is 6.92 Å². The molecule has 0 bridgehead atoms. The van der Waals surface area contributed by atoms with Gasteiger partial charge in [0.05, 0.1) is 19.2 Å². The van der Waals surface area contributed by atoms with Crippen molar-refractivity contribution in [3.8, 4) is 5.75 Å². The number of fused-ring (bicyclic) bond motifs is 1. The molecule has 0 aliphatic carbocycles. The lowest BCUT2D eigenvalue weighted by atomic mass is 10.1. The number of nitrogens with zero attached hydrogens (tertiary/aromatic N) is 4. The number of hydrogen-bond acceptors (Lipinski definition) is 4. The second kappa shape index (κ2) is 8.88. The molecule has 3 rings (SSSR count). The minimum absolute atomic E-state index is 0.135. The highest BCUT2D eigenvalue weighted by Crippen LogP contribution is 2.22. The van der Waals surface area contributed by atoms with Gasteiger partial charge in [0.25, 0.3) is 0 Å². The van der Waals surface area contributed by atoms with E-state index in [4.69, 9.17) is 9.73 Å². The van der Waals surface area contributed by atoms with E-state index >= 15 is 0 Å². The lowest BCUT2D eigenvalue weighted by molar-refractivity contribution is 0.240. The van der Waals surface area contributed by atoms with Crippen LogP contribution in [0.15, 0.2) is 23.2 Å². The van der Waals surface area contributed by atoms with Crippen molar-refractivity contribution in [2.75, 3.05) is 6.54 Å². The standard InChI is InChI=1S/C20H30N6O/c1-5-21-20(23-13-19-25-24-18-7-6-10-26(18)19)22-12-16-9-8-15(4)11-17(16)27-14(2)3/h8-9,11,14H,5-7,10,12-13H2,1-4H3,(H2,21,22,23). The third-order valence-corrected chi connectivity index (χ3v) is 4.44. The van der Waals surface area contributed by atoms with E-state index in [-0.39, 0.29) is 6.10 Å². The van der Waals surface area contributed by atoms with E-state index in [9.17, 15) is 0 Å². The lowest BCUT2D eigenvalue weighted by Crippen LogP contribution is -2.37. The molecule has 0 saturated carbocycles. The van der Waals surface area contributed by atoms with Crippen LogP contribution in [0.1, 0.15) is 50.0 Å². The molecule has 146 valence electrons. The highest BCUT2D eigenvalue weighted by Gasteiger charge is 2.17. The first-order valence-electron chi connectivity index (χ1n) is 9.76. The zero-order chi connectivity index (χ0) is 19.2. The number of ether oxygens (including phenoxy) is 1. The molecule has 2 N–H and O–H groups in total. The van der Waals surface area contributed by atoms with Gasteiger partial charge in [-0.2, -0.15) is 0 Å². The van der Waals surface area contributed by atoms with Gasteiger partial charge in [-0.05, 0) is 45.7 Å². The van der Waals surface area contributed by atoms with Gasteiger partial charge in [0, 0.05) is 25.1 Å². The summed E-state index contributed by atoms with van der Waals surface area (Å²) in [5.41, 5.74) is 2.26. The van der Waals surface area contributed by atoms with Gasteiger partial charge >= 0.3 is 0 Å². The molecule has 2 heterocycles. The zero-order valence-electron chi connectivity index (χ0n) is 16.7. The molecule has 0 spiro atoms. The number of guanidine groups is 1. The van der Waals surface area contributed by atoms with Crippen LogP contribution in [-0.4, -0.2) is 33.4 Å². The second-order valence-electron chi connectivity index (χ2n) is 7.11. The monoisotopic (exact) mass is 370 g/mol. The van der Waals surface area contributed by atoms with E-state index in [1.165, 1.54) is 5.56 Å². The summed E-state index contributed by atoms with van der Waals surface area (Å²) in [6, 6.07) is 6.26. The van der Waals surface area contributed by atoms with Crippen LogP contribution in [0.5, 0.6) is 5.75 Å². The molecule has 0 fully saturated rings. The number of aliphatic imine (C=N–C) groups is 1. The molecule has 0 amide bonds. The number of hydrogen-bond donors (Lipinski definition) is 2. The quantitative estimate of drug-likeness (QED) is 0.579. The Bertz CT molecular complexity index is 796. The average Bonchev–Trinajstić information content (AvgIpc) is 3.22. The third kappa shape index (κ3) is 4.99. The molecule has 1 aromatic carbocycles. The van der Waals surface area contributed by atoms with Crippen LogP contribution in [0.25, 0.3) is 0 Å².